The standard InChI is InChI=1S/C13H17N5/c1-2-5-12(4-1)18-9-6-11(17-18)10-16-13-14-7-3-8-15-13/h3,6-9,12H,1-2,4-5,10H2,(H,14,15,16). The van der Waals surface area contributed by atoms with Crippen LogP contribution in [0.15, 0.2) is 30.7 Å². The van der Waals surface area contributed by atoms with Crippen LogP contribution in [-0.4, -0.2) is 19.7 Å². The molecule has 5 heteroatoms. The van der Waals surface area contributed by atoms with Crippen molar-refractivity contribution in [2.24, 2.45) is 0 Å². The summed E-state index contributed by atoms with van der Waals surface area (Å²) in [6.45, 7) is 0.670. The van der Waals surface area contributed by atoms with Crippen LogP contribution in [-0.2, 0) is 6.54 Å². The van der Waals surface area contributed by atoms with Gasteiger partial charge in [0, 0.05) is 18.6 Å². The van der Waals surface area contributed by atoms with Crippen molar-refractivity contribution in [3.05, 3.63) is 36.4 Å². The molecule has 0 atom stereocenters. The third-order valence-corrected chi connectivity index (χ3v) is 3.36. The van der Waals surface area contributed by atoms with E-state index in [9.17, 15) is 0 Å². The summed E-state index contributed by atoms with van der Waals surface area (Å²) >= 11 is 0. The highest BCUT2D eigenvalue weighted by Crippen LogP contribution is 2.28. The molecule has 0 aliphatic heterocycles. The highest BCUT2D eigenvalue weighted by atomic mass is 15.3. The Morgan fingerprint density at radius 1 is 1.22 bits per heavy atom. The Balaban J connectivity index is 1.60. The van der Waals surface area contributed by atoms with E-state index < -0.39 is 0 Å². The third-order valence-electron chi connectivity index (χ3n) is 3.36. The first-order valence-corrected chi connectivity index (χ1v) is 6.47. The van der Waals surface area contributed by atoms with Gasteiger partial charge in [-0.1, -0.05) is 12.8 Å². The summed E-state index contributed by atoms with van der Waals surface area (Å²) in [5, 5.41) is 7.77. The van der Waals surface area contributed by atoms with Crippen LogP contribution in [0.1, 0.15) is 37.4 Å². The topological polar surface area (TPSA) is 55.6 Å². The molecule has 0 radical (unpaired) electrons. The summed E-state index contributed by atoms with van der Waals surface area (Å²) in [5.74, 6) is 0.646. The van der Waals surface area contributed by atoms with Gasteiger partial charge < -0.3 is 5.32 Å². The maximum Gasteiger partial charge on any atom is 0.222 e. The molecule has 2 aromatic heterocycles. The zero-order valence-corrected chi connectivity index (χ0v) is 10.3. The Morgan fingerprint density at radius 2 is 2.00 bits per heavy atom. The van der Waals surface area contributed by atoms with Crippen LogP contribution in [0.25, 0.3) is 0 Å². The molecule has 1 saturated carbocycles. The first kappa shape index (κ1) is 11.2. The third kappa shape index (κ3) is 2.50. The zero-order valence-electron chi connectivity index (χ0n) is 10.3. The number of nitrogens with zero attached hydrogens (tertiary/aromatic N) is 4. The van der Waals surface area contributed by atoms with Gasteiger partial charge in [-0.3, -0.25) is 4.68 Å². The summed E-state index contributed by atoms with van der Waals surface area (Å²) in [7, 11) is 0. The minimum atomic E-state index is 0.603. The van der Waals surface area contributed by atoms with Crippen LogP contribution >= 0.6 is 0 Å². The monoisotopic (exact) mass is 243 g/mol. The maximum absolute atomic E-state index is 4.61. The predicted molar refractivity (Wildman–Crippen MR) is 69.1 cm³/mol. The van der Waals surface area contributed by atoms with E-state index in [4.69, 9.17) is 0 Å². The highest BCUT2D eigenvalue weighted by Gasteiger charge is 2.17. The molecule has 5 nitrogen and oxygen atoms in total. The number of rotatable bonds is 4. The lowest BCUT2D eigenvalue weighted by Gasteiger charge is -2.08. The molecule has 0 saturated heterocycles. The molecule has 0 unspecified atom stereocenters. The highest BCUT2D eigenvalue weighted by molar-refractivity contribution is 5.23. The quantitative estimate of drug-likeness (QED) is 0.895. The van der Waals surface area contributed by atoms with Gasteiger partial charge in [-0.2, -0.15) is 5.10 Å². The van der Waals surface area contributed by atoms with E-state index in [0.29, 0.717) is 18.5 Å². The van der Waals surface area contributed by atoms with Gasteiger partial charge in [0.1, 0.15) is 0 Å². The number of nitrogens with one attached hydrogen (secondary N) is 1. The summed E-state index contributed by atoms with van der Waals surface area (Å²) in [6, 6.07) is 4.47. The molecule has 0 bridgehead atoms. The average Bonchev–Trinajstić information content (AvgIpc) is 3.08. The molecule has 2 heterocycles. The van der Waals surface area contributed by atoms with Crippen LogP contribution in [0.2, 0.25) is 0 Å². The van der Waals surface area contributed by atoms with Crippen molar-refractivity contribution in [1.82, 2.24) is 19.7 Å². The molecule has 2 aromatic rings. The van der Waals surface area contributed by atoms with E-state index in [1.54, 1.807) is 18.5 Å². The molecule has 0 amide bonds. The van der Waals surface area contributed by atoms with Crippen molar-refractivity contribution in [3.8, 4) is 0 Å². The minimum absolute atomic E-state index is 0.603. The fourth-order valence-corrected chi connectivity index (χ4v) is 2.40. The first-order valence-electron chi connectivity index (χ1n) is 6.47. The van der Waals surface area contributed by atoms with Gasteiger partial charge >= 0.3 is 0 Å². The summed E-state index contributed by atoms with van der Waals surface area (Å²) < 4.78 is 2.11. The Hall–Kier alpha value is -1.91. The van der Waals surface area contributed by atoms with E-state index in [-0.39, 0.29) is 0 Å². The molecule has 1 N–H and O–H groups in total. The molecule has 18 heavy (non-hydrogen) atoms. The second kappa shape index (κ2) is 5.16. The van der Waals surface area contributed by atoms with Gasteiger partial charge in [0.15, 0.2) is 0 Å². The number of hydrogen-bond acceptors (Lipinski definition) is 4. The van der Waals surface area contributed by atoms with Crippen LogP contribution in [0.5, 0.6) is 0 Å². The number of hydrogen-bond donors (Lipinski definition) is 1. The van der Waals surface area contributed by atoms with Gasteiger partial charge in [0.05, 0.1) is 18.3 Å². The average molecular weight is 243 g/mol. The van der Waals surface area contributed by atoms with Crippen molar-refractivity contribution < 1.29 is 0 Å². The van der Waals surface area contributed by atoms with Crippen molar-refractivity contribution in [1.29, 1.82) is 0 Å². The lowest BCUT2D eigenvalue weighted by molar-refractivity contribution is 0.463. The lowest BCUT2D eigenvalue weighted by atomic mass is 10.3. The summed E-state index contributed by atoms with van der Waals surface area (Å²) in [4.78, 5) is 8.24. The van der Waals surface area contributed by atoms with Crippen LogP contribution < -0.4 is 5.32 Å². The fraction of sp³-hybridized carbons (Fsp3) is 0.462. The molecule has 0 aromatic carbocycles. The molecule has 0 spiro atoms. The molecular formula is C13H17N5. The van der Waals surface area contributed by atoms with E-state index in [2.05, 4.69) is 37.3 Å². The normalized spacial score (nSPS) is 16.0. The lowest BCUT2D eigenvalue weighted by Crippen LogP contribution is -2.08. The van der Waals surface area contributed by atoms with Crippen molar-refractivity contribution >= 4 is 5.95 Å². The second-order valence-electron chi connectivity index (χ2n) is 4.65. The Labute approximate surface area is 106 Å². The largest absolute Gasteiger partial charge is 0.348 e. The molecule has 3 rings (SSSR count). The van der Waals surface area contributed by atoms with E-state index in [1.165, 1.54) is 25.7 Å². The number of anilines is 1. The summed E-state index contributed by atoms with van der Waals surface area (Å²) in [6.07, 6.45) is 10.7. The van der Waals surface area contributed by atoms with Crippen LogP contribution in [0.3, 0.4) is 0 Å². The first-order chi connectivity index (χ1) is 8.92. The molecule has 94 valence electrons. The number of aromatic nitrogens is 4. The van der Waals surface area contributed by atoms with E-state index in [1.807, 2.05) is 0 Å². The molecule has 1 fully saturated rings. The molecular weight excluding hydrogens is 226 g/mol. The second-order valence-corrected chi connectivity index (χ2v) is 4.65. The summed E-state index contributed by atoms with van der Waals surface area (Å²) in [5.41, 5.74) is 1.04. The Kier molecular flexibility index (Phi) is 3.21. The fourth-order valence-electron chi connectivity index (χ4n) is 2.40. The van der Waals surface area contributed by atoms with Gasteiger partial charge in [-0.05, 0) is 25.0 Å². The SMILES string of the molecule is c1cnc(NCc2ccn(C3CCCC3)n2)nc1. The maximum atomic E-state index is 4.61. The van der Waals surface area contributed by atoms with E-state index in [0.717, 1.165) is 5.69 Å². The zero-order chi connectivity index (χ0) is 12.2. The predicted octanol–water partition coefficient (Wildman–Crippen LogP) is 2.40. The van der Waals surface area contributed by atoms with Crippen molar-refractivity contribution in [2.75, 3.05) is 5.32 Å². The molecule has 1 aliphatic rings. The van der Waals surface area contributed by atoms with Gasteiger partial charge in [0.25, 0.3) is 0 Å². The van der Waals surface area contributed by atoms with E-state index >= 15 is 0 Å². The van der Waals surface area contributed by atoms with Gasteiger partial charge in [-0.25, -0.2) is 9.97 Å². The van der Waals surface area contributed by atoms with Gasteiger partial charge in [-0.15, -0.1) is 0 Å². The minimum Gasteiger partial charge on any atom is -0.348 e. The van der Waals surface area contributed by atoms with Gasteiger partial charge in [0.2, 0.25) is 5.95 Å². The smallest absolute Gasteiger partial charge is 0.222 e. The Morgan fingerprint density at radius 3 is 2.78 bits per heavy atom. The van der Waals surface area contributed by atoms with Crippen LogP contribution in [0.4, 0.5) is 5.95 Å². The molecule has 1 aliphatic carbocycles. The van der Waals surface area contributed by atoms with Crippen molar-refractivity contribution in [3.63, 3.8) is 0 Å². The Bertz CT molecular complexity index is 487. The van der Waals surface area contributed by atoms with Crippen molar-refractivity contribution in [2.45, 2.75) is 38.3 Å². The van der Waals surface area contributed by atoms with Crippen LogP contribution in [0, 0.1) is 0 Å².